The van der Waals surface area contributed by atoms with Crippen molar-refractivity contribution >= 4 is 9.84 Å². The Morgan fingerprint density at radius 3 is 2.76 bits per heavy atom. The van der Waals surface area contributed by atoms with Crippen molar-refractivity contribution < 1.29 is 12.8 Å². The van der Waals surface area contributed by atoms with Gasteiger partial charge in [0.15, 0.2) is 9.84 Å². The van der Waals surface area contributed by atoms with E-state index in [1.165, 1.54) is 6.07 Å². The van der Waals surface area contributed by atoms with Crippen LogP contribution in [0.15, 0.2) is 23.1 Å². The van der Waals surface area contributed by atoms with Gasteiger partial charge in [-0.3, -0.25) is 0 Å². The van der Waals surface area contributed by atoms with Crippen LogP contribution in [0.2, 0.25) is 0 Å². The first-order valence-corrected chi connectivity index (χ1v) is 7.33. The minimum Gasteiger partial charge on any atom is -0.308 e. The van der Waals surface area contributed by atoms with Gasteiger partial charge in [-0.25, -0.2) is 12.8 Å². The highest BCUT2D eigenvalue weighted by atomic mass is 32.2. The average molecular weight is 257 g/mol. The molecule has 1 heterocycles. The molecule has 1 unspecified atom stereocenters. The lowest BCUT2D eigenvalue weighted by Crippen LogP contribution is -2.33. The molecular weight excluding hydrogens is 241 g/mol. The molecule has 1 aliphatic rings. The smallest absolute Gasteiger partial charge is 0.178 e. The van der Waals surface area contributed by atoms with Crippen LogP contribution in [0.3, 0.4) is 0 Å². The van der Waals surface area contributed by atoms with Gasteiger partial charge in [0.05, 0.1) is 10.6 Å². The Hall–Kier alpha value is -0.940. The van der Waals surface area contributed by atoms with Gasteiger partial charge in [0.2, 0.25) is 0 Å². The summed E-state index contributed by atoms with van der Waals surface area (Å²) in [5.41, 5.74) is 0.686. The number of hydrogen-bond donors (Lipinski definition) is 1. The molecule has 0 radical (unpaired) electrons. The van der Waals surface area contributed by atoms with Gasteiger partial charge in [-0.1, -0.05) is 19.9 Å². The van der Waals surface area contributed by atoms with Gasteiger partial charge in [-0.2, -0.15) is 0 Å². The second kappa shape index (κ2) is 4.38. The second-order valence-electron chi connectivity index (χ2n) is 4.66. The predicted molar refractivity (Wildman–Crippen MR) is 64.1 cm³/mol. The Balaban J connectivity index is 2.48. The quantitative estimate of drug-likeness (QED) is 0.882. The normalized spacial score (nSPS) is 22.5. The maximum Gasteiger partial charge on any atom is 0.178 e. The van der Waals surface area contributed by atoms with Gasteiger partial charge in [0.1, 0.15) is 5.82 Å². The number of rotatable bonds is 2. The van der Waals surface area contributed by atoms with E-state index in [2.05, 4.69) is 5.32 Å². The molecule has 0 saturated carbocycles. The van der Waals surface area contributed by atoms with E-state index in [0.29, 0.717) is 12.0 Å². The molecule has 0 saturated heterocycles. The SMILES string of the molecule is CC(C)NC1CCS(=O)(=O)c2cc(F)ccc21. The van der Waals surface area contributed by atoms with E-state index >= 15 is 0 Å². The summed E-state index contributed by atoms with van der Waals surface area (Å²) in [5, 5.41) is 3.31. The summed E-state index contributed by atoms with van der Waals surface area (Å²) >= 11 is 0. The fourth-order valence-electron chi connectivity index (χ4n) is 2.18. The third-order valence-electron chi connectivity index (χ3n) is 2.90. The van der Waals surface area contributed by atoms with Gasteiger partial charge in [-0.05, 0) is 24.1 Å². The van der Waals surface area contributed by atoms with Crippen LogP contribution < -0.4 is 5.32 Å². The topological polar surface area (TPSA) is 46.2 Å². The number of halogens is 1. The van der Waals surface area contributed by atoms with Crippen molar-refractivity contribution in [3.8, 4) is 0 Å². The molecule has 3 nitrogen and oxygen atoms in total. The van der Waals surface area contributed by atoms with Crippen molar-refractivity contribution in [3.63, 3.8) is 0 Å². The number of fused-ring (bicyclic) bond motifs is 1. The zero-order valence-electron chi connectivity index (χ0n) is 9.90. The largest absolute Gasteiger partial charge is 0.308 e. The molecule has 2 rings (SSSR count). The van der Waals surface area contributed by atoms with Gasteiger partial charge >= 0.3 is 0 Å². The maximum absolute atomic E-state index is 13.1. The van der Waals surface area contributed by atoms with Crippen molar-refractivity contribution in [1.82, 2.24) is 5.32 Å². The molecule has 0 bridgehead atoms. The van der Waals surface area contributed by atoms with Crippen molar-refractivity contribution in [2.24, 2.45) is 0 Å². The van der Waals surface area contributed by atoms with Crippen LogP contribution in [-0.2, 0) is 9.84 Å². The van der Waals surface area contributed by atoms with Crippen molar-refractivity contribution in [1.29, 1.82) is 0 Å². The summed E-state index contributed by atoms with van der Waals surface area (Å²) in [6, 6.07) is 4.27. The van der Waals surface area contributed by atoms with E-state index in [0.717, 1.165) is 6.07 Å². The van der Waals surface area contributed by atoms with Crippen LogP contribution in [-0.4, -0.2) is 20.2 Å². The Morgan fingerprint density at radius 1 is 1.41 bits per heavy atom. The maximum atomic E-state index is 13.1. The first kappa shape index (κ1) is 12.5. The predicted octanol–water partition coefficient (Wildman–Crippen LogP) is 2.04. The van der Waals surface area contributed by atoms with E-state index in [1.54, 1.807) is 6.07 Å². The minimum absolute atomic E-state index is 0.00544. The van der Waals surface area contributed by atoms with Gasteiger partial charge in [-0.15, -0.1) is 0 Å². The Kier molecular flexibility index (Phi) is 3.23. The summed E-state index contributed by atoms with van der Waals surface area (Å²) < 4.78 is 36.9. The molecule has 1 N–H and O–H groups in total. The molecule has 0 amide bonds. The third-order valence-corrected chi connectivity index (χ3v) is 4.69. The Bertz CT molecular complexity index is 525. The minimum atomic E-state index is -3.31. The van der Waals surface area contributed by atoms with Crippen molar-refractivity contribution in [2.75, 3.05) is 5.75 Å². The van der Waals surface area contributed by atoms with E-state index in [-0.39, 0.29) is 22.7 Å². The molecule has 1 atom stereocenters. The highest BCUT2D eigenvalue weighted by Gasteiger charge is 2.30. The first-order chi connectivity index (χ1) is 7.90. The van der Waals surface area contributed by atoms with Crippen molar-refractivity contribution in [2.45, 2.75) is 37.2 Å². The lowest BCUT2D eigenvalue weighted by atomic mass is 10.0. The molecular formula is C12H16FNO2S. The highest BCUT2D eigenvalue weighted by molar-refractivity contribution is 7.91. The number of nitrogens with one attached hydrogen (secondary N) is 1. The molecule has 17 heavy (non-hydrogen) atoms. The second-order valence-corrected chi connectivity index (χ2v) is 6.74. The summed E-state index contributed by atoms with van der Waals surface area (Å²) in [7, 11) is -3.31. The zero-order chi connectivity index (χ0) is 12.6. The summed E-state index contributed by atoms with van der Waals surface area (Å²) in [5.74, 6) is -0.425. The number of hydrogen-bond acceptors (Lipinski definition) is 3. The van der Waals surface area contributed by atoms with Crippen LogP contribution in [0, 0.1) is 5.82 Å². The molecule has 0 aromatic heterocycles. The highest BCUT2D eigenvalue weighted by Crippen LogP contribution is 2.32. The summed E-state index contributed by atoms with van der Waals surface area (Å²) in [6.45, 7) is 4.01. The molecule has 1 aliphatic heterocycles. The number of sulfone groups is 1. The lowest BCUT2D eigenvalue weighted by Gasteiger charge is -2.28. The van der Waals surface area contributed by atoms with Crippen LogP contribution in [0.5, 0.6) is 0 Å². The van der Waals surface area contributed by atoms with Gasteiger partial charge < -0.3 is 5.32 Å². The third kappa shape index (κ3) is 2.50. The van der Waals surface area contributed by atoms with Crippen LogP contribution in [0.1, 0.15) is 31.9 Å². The standard InChI is InChI=1S/C12H16FNO2S/c1-8(2)14-11-5-6-17(15,16)12-7-9(13)3-4-10(11)12/h3-4,7-8,11,14H,5-6H2,1-2H3. The lowest BCUT2D eigenvalue weighted by molar-refractivity contribution is 0.448. The van der Waals surface area contributed by atoms with E-state index < -0.39 is 15.7 Å². The van der Waals surface area contributed by atoms with Crippen LogP contribution in [0.4, 0.5) is 4.39 Å². The molecule has 0 spiro atoms. The molecule has 0 aliphatic carbocycles. The van der Waals surface area contributed by atoms with Gasteiger partial charge in [0, 0.05) is 12.1 Å². The van der Waals surface area contributed by atoms with Crippen LogP contribution in [0.25, 0.3) is 0 Å². The first-order valence-electron chi connectivity index (χ1n) is 5.68. The fourth-order valence-corrected chi connectivity index (χ4v) is 3.81. The summed E-state index contributed by atoms with van der Waals surface area (Å²) in [6.07, 6.45) is 0.541. The monoisotopic (exact) mass is 257 g/mol. The number of benzene rings is 1. The molecule has 1 aromatic rings. The summed E-state index contributed by atoms with van der Waals surface area (Å²) in [4.78, 5) is 0.141. The Morgan fingerprint density at radius 2 is 2.12 bits per heavy atom. The average Bonchev–Trinajstić information content (AvgIpc) is 2.22. The van der Waals surface area contributed by atoms with E-state index in [1.807, 2.05) is 13.8 Å². The van der Waals surface area contributed by atoms with Gasteiger partial charge in [0.25, 0.3) is 0 Å². The molecule has 5 heteroatoms. The molecule has 0 fully saturated rings. The Labute approximate surface area is 101 Å². The fraction of sp³-hybridized carbons (Fsp3) is 0.500. The van der Waals surface area contributed by atoms with E-state index in [9.17, 15) is 12.8 Å². The molecule has 94 valence electrons. The zero-order valence-corrected chi connectivity index (χ0v) is 10.7. The van der Waals surface area contributed by atoms with E-state index in [4.69, 9.17) is 0 Å². The van der Waals surface area contributed by atoms with Crippen molar-refractivity contribution in [3.05, 3.63) is 29.6 Å². The molecule has 1 aromatic carbocycles. The van der Waals surface area contributed by atoms with Crippen LogP contribution >= 0.6 is 0 Å².